The molecule has 3 rings (SSSR count). The summed E-state index contributed by atoms with van der Waals surface area (Å²) in [4.78, 5) is 14.9. The van der Waals surface area contributed by atoms with E-state index in [4.69, 9.17) is 4.42 Å². The van der Waals surface area contributed by atoms with Gasteiger partial charge in [-0.15, -0.1) is 0 Å². The van der Waals surface area contributed by atoms with Crippen molar-refractivity contribution in [1.82, 2.24) is 10.2 Å². The minimum Gasteiger partial charge on any atom is -0.468 e. The maximum atomic E-state index is 12.5. The molecule has 0 spiro atoms. The molecule has 1 saturated heterocycles. The average Bonchev–Trinajstić information content (AvgIpc) is 3.28. The van der Waals surface area contributed by atoms with Gasteiger partial charge in [0.15, 0.2) is 0 Å². The van der Waals surface area contributed by atoms with Crippen molar-refractivity contribution in [2.45, 2.75) is 45.1 Å². The van der Waals surface area contributed by atoms with Gasteiger partial charge in [-0.2, -0.15) is 0 Å². The maximum absolute atomic E-state index is 12.5. The number of furan rings is 1. The Morgan fingerprint density at radius 1 is 1.16 bits per heavy atom. The Morgan fingerprint density at radius 3 is 2.40 bits per heavy atom. The first-order valence-corrected chi connectivity index (χ1v) is 9.11. The quantitative estimate of drug-likeness (QED) is 0.889. The Balaban J connectivity index is 1.65. The molecule has 2 heterocycles. The number of nitrogens with zero attached hydrogens (tertiary/aromatic N) is 1. The molecule has 4 nitrogen and oxygen atoms in total. The molecule has 1 N–H and O–H groups in total. The third-order valence-corrected chi connectivity index (χ3v) is 4.92. The highest BCUT2D eigenvalue weighted by Gasteiger charge is 2.26. The third-order valence-electron chi connectivity index (χ3n) is 4.92. The molecule has 4 heteroatoms. The van der Waals surface area contributed by atoms with E-state index >= 15 is 0 Å². The Kier molecular flexibility index (Phi) is 5.28. The van der Waals surface area contributed by atoms with Gasteiger partial charge >= 0.3 is 0 Å². The second-order valence-electron chi connectivity index (χ2n) is 7.81. The lowest BCUT2D eigenvalue weighted by atomic mass is 9.87. The molecule has 1 aliphatic heterocycles. The van der Waals surface area contributed by atoms with Crippen LogP contribution in [0.4, 0.5) is 0 Å². The van der Waals surface area contributed by atoms with E-state index in [1.807, 2.05) is 36.4 Å². The van der Waals surface area contributed by atoms with Crippen molar-refractivity contribution in [3.8, 4) is 0 Å². The minimum absolute atomic E-state index is 0.0313. The van der Waals surface area contributed by atoms with Crippen molar-refractivity contribution < 1.29 is 9.21 Å². The molecule has 1 aliphatic rings. The van der Waals surface area contributed by atoms with Crippen LogP contribution in [-0.4, -0.2) is 30.4 Å². The number of benzene rings is 1. The molecule has 1 aromatic carbocycles. The summed E-state index contributed by atoms with van der Waals surface area (Å²) in [5.41, 5.74) is 2.02. The van der Waals surface area contributed by atoms with Crippen molar-refractivity contribution in [2.24, 2.45) is 0 Å². The summed E-state index contributed by atoms with van der Waals surface area (Å²) in [5, 5.41) is 3.08. The number of amides is 1. The molecule has 1 fully saturated rings. The zero-order valence-corrected chi connectivity index (χ0v) is 15.4. The zero-order valence-electron chi connectivity index (χ0n) is 15.4. The minimum atomic E-state index is -0.0313. The summed E-state index contributed by atoms with van der Waals surface area (Å²) in [5.74, 6) is 0.890. The Labute approximate surface area is 150 Å². The van der Waals surface area contributed by atoms with Crippen LogP contribution < -0.4 is 5.32 Å². The smallest absolute Gasteiger partial charge is 0.251 e. The average molecular weight is 340 g/mol. The van der Waals surface area contributed by atoms with Crippen LogP contribution in [0.15, 0.2) is 47.1 Å². The van der Waals surface area contributed by atoms with Crippen molar-refractivity contribution in [3.63, 3.8) is 0 Å². The third kappa shape index (κ3) is 4.31. The molecule has 1 amide bonds. The van der Waals surface area contributed by atoms with Crippen LogP contribution in [0.3, 0.4) is 0 Å². The van der Waals surface area contributed by atoms with Crippen molar-refractivity contribution in [1.29, 1.82) is 0 Å². The Bertz CT molecular complexity index is 678. The van der Waals surface area contributed by atoms with E-state index in [9.17, 15) is 4.79 Å². The molecule has 0 aliphatic carbocycles. The molecule has 134 valence electrons. The second-order valence-corrected chi connectivity index (χ2v) is 7.81. The van der Waals surface area contributed by atoms with Gasteiger partial charge in [-0.3, -0.25) is 9.69 Å². The highest BCUT2D eigenvalue weighted by molar-refractivity contribution is 5.94. The zero-order chi connectivity index (χ0) is 17.9. The van der Waals surface area contributed by atoms with Crippen LogP contribution in [0.2, 0.25) is 0 Å². The van der Waals surface area contributed by atoms with Gasteiger partial charge in [0, 0.05) is 12.1 Å². The van der Waals surface area contributed by atoms with E-state index < -0.39 is 0 Å². The fraction of sp³-hybridized carbons (Fsp3) is 0.476. The van der Waals surface area contributed by atoms with Crippen LogP contribution in [0.1, 0.15) is 61.3 Å². The van der Waals surface area contributed by atoms with Gasteiger partial charge in [0.25, 0.3) is 5.91 Å². The standard InChI is InChI=1S/C21H28N2O2/c1-21(2,3)17-10-8-16(9-11-17)20(24)22-15-18(19-7-6-14-25-19)23-12-4-5-13-23/h6-11,14,18H,4-5,12-13,15H2,1-3H3,(H,22,24)/t18-/m0/s1. The molecule has 1 aromatic heterocycles. The van der Waals surface area contributed by atoms with Gasteiger partial charge in [-0.1, -0.05) is 32.9 Å². The van der Waals surface area contributed by atoms with Gasteiger partial charge in [-0.05, 0) is 61.2 Å². The van der Waals surface area contributed by atoms with E-state index in [0.717, 1.165) is 18.8 Å². The highest BCUT2D eigenvalue weighted by atomic mass is 16.3. The molecule has 0 bridgehead atoms. The van der Waals surface area contributed by atoms with Crippen molar-refractivity contribution in [2.75, 3.05) is 19.6 Å². The summed E-state index contributed by atoms with van der Waals surface area (Å²) in [6.45, 7) is 9.20. The van der Waals surface area contributed by atoms with Gasteiger partial charge in [0.05, 0.1) is 12.3 Å². The van der Waals surface area contributed by atoms with Crippen molar-refractivity contribution >= 4 is 5.91 Å². The fourth-order valence-electron chi connectivity index (χ4n) is 3.36. The summed E-state index contributed by atoms with van der Waals surface area (Å²) < 4.78 is 5.61. The monoisotopic (exact) mass is 340 g/mol. The highest BCUT2D eigenvalue weighted by Crippen LogP contribution is 2.25. The first-order chi connectivity index (χ1) is 11.9. The molecule has 1 atom stereocenters. The summed E-state index contributed by atoms with van der Waals surface area (Å²) in [7, 11) is 0. The van der Waals surface area contributed by atoms with Crippen LogP contribution >= 0.6 is 0 Å². The molecule has 0 unspecified atom stereocenters. The van der Waals surface area contributed by atoms with Crippen LogP contribution in [0, 0.1) is 0 Å². The van der Waals surface area contributed by atoms with E-state index in [1.165, 1.54) is 18.4 Å². The number of rotatable bonds is 5. The molecule has 25 heavy (non-hydrogen) atoms. The fourth-order valence-corrected chi connectivity index (χ4v) is 3.36. The largest absolute Gasteiger partial charge is 0.468 e. The number of hydrogen-bond donors (Lipinski definition) is 1. The molecule has 0 saturated carbocycles. The number of likely N-dealkylation sites (tertiary alicyclic amines) is 1. The molecular weight excluding hydrogens is 312 g/mol. The first kappa shape index (κ1) is 17.7. The summed E-state index contributed by atoms with van der Waals surface area (Å²) >= 11 is 0. The maximum Gasteiger partial charge on any atom is 0.251 e. The van der Waals surface area contributed by atoms with Gasteiger partial charge in [-0.25, -0.2) is 0 Å². The predicted molar refractivity (Wildman–Crippen MR) is 99.7 cm³/mol. The molecule has 0 radical (unpaired) electrons. The Hall–Kier alpha value is -2.07. The lowest BCUT2D eigenvalue weighted by Crippen LogP contribution is -2.36. The van der Waals surface area contributed by atoms with E-state index in [-0.39, 0.29) is 17.4 Å². The van der Waals surface area contributed by atoms with Gasteiger partial charge in [0.2, 0.25) is 0 Å². The second kappa shape index (κ2) is 7.44. The summed E-state index contributed by atoms with van der Waals surface area (Å²) in [6.07, 6.45) is 4.12. The Morgan fingerprint density at radius 2 is 1.84 bits per heavy atom. The number of carbonyl (C=O) groups excluding carboxylic acids is 1. The van der Waals surface area contributed by atoms with E-state index in [2.05, 4.69) is 31.0 Å². The van der Waals surface area contributed by atoms with Crippen LogP contribution in [0.25, 0.3) is 0 Å². The van der Waals surface area contributed by atoms with E-state index in [1.54, 1.807) is 6.26 Å². The predicted octanol–water partition coefficient (Wildman–Crippen LogP) is 4.14. The lowest BCUT2D eigenvalue weighted by Gasteiger charge is -2.26. The number of nitrogens with one attached hydrogen (secondary N) is 1. The van der Waals surface area contributed by atoms with Crippen LogP contribution in [0.5, 0.6) is 0 Å². The van der Waals surface area contributed by atoms with Crippen LogP contribution in [-0.2, 0) is 5.41 Å². The topological polar surface area (TPSA) is 45.5 Å². The number of carbonyl (C=O) groups is 1. The van der Waals surface area contributed by atoms with Crippen molar-refractivity contribution in [3.05, 3.63) is 59.5 Å². The SMILES string of the molecule is CC(C)(C)c1ccc(C(=O)NC[C@@H](c2ccco2)N2CCCC2)cc1. The van der Waals surface area contributed by atoms with Gasteiger partial charge in [0.1, 0.15) is 5.76 Å². The molecular formula is C21H28N2O2. The summed E-state index contributed by atoms with van der Waals surface area (Å²) in [6, 6.07) is 11.9. The lowest BCUT2D eigenvalue weighted by molar-refractivity contribution is 0.0933. The normalized spacial score (nSPS) is 16.8. The molecule has 2 aromatic rings. The van der Waals surface area contributed by atoms with E-state index in [0.29, 0.717) is 12.1 Å². The first-order valence-electron chi connectivity index (χ1n) is 9.11. The van der Waals surface area contributed by atoms with Gasteiger partial charge < -0.3 is 9.73 Å². The number of hydrogen-bond acceptors (Lipinski definition) is 3.